The van der Waals surface area contributed by atoms with Gasteiger partial charge in [-0.25, -0.2) is 9.97 Å². The van der Waals surface area contributed by atoms with Crippen LogP contribution in [0.3, 0.4) is 0 Å². The second-order valence-corrected chi connectivity index (χ2v) is 6.41. The molecule has 6 nitrogen and oxygen atoms in total. The zero-order chi connectivity index (χ0) is 19.2. The molecule has 0 bridgehead atoms. The summed E-state index contributed by atoms with van der Waals surface area (Å²) in [4.78, 5) is 20.0. The Bertz CT molecular complexity index is 938. The molecule has 0 aliphatic carbocycles. The number of hydrogen-bond acceptors (Lipinski definition) is 5. The average molecular weight is 361 g/mol. The molecular weight excluding hydrogens is 338 g/mol. The highest BCUT2D eigenvalue weighted by atomic mass is 16.1. The first-order chi connectivity index (χ1) is 13.0. The minimum absolute atomic E-state index is 0.0912. The van der Waals surface area contributed by atoms with E-state index < -0.39 is 0 Å². The molecule has 6 heteroatoms. The van der Waals surface area contributed by atoms with E-state index in [2.05, 4.69) is 57.1 Å². The van der Waals surface area contributed by atoms with Gasteiger partial charge in [0.15, 0.2) is 0 Å². The lowest BCUT2D eigenvalue weighted by molar-refractivity contribution is -0.114. The molecule has 0 saturated heterocycles. The van der Waals surface area contributed by atoms with Gasteiger partial charge in [0.1, 0.15) is 17.5 Å². The van der Waals surface area contributed by atoms with Crippen LogP contribution in [0.1, 0.15) is 23.9 Å². The summed E-state index contributed by atoms with van der Waals surface area (Å²) in [5, 5.41) is 9.36. The second-order valence-electron chi connectivity index (χ2n) is 6.41. The number of hydrogen-bond donors (Lipinski definition) is 3. The molecular formula is C21H23N5O. The van der Waals surface area contributed by atoms with E-state index in [1.54, 1.807) is 0 Å². The van der Waals surface area contributed by atoms with Crippen LogP contribution >= 0.6 is 0 Å². The summed E-state index contributed by atoms with van der Waals surface area (Å²) in [6.45, 7) is 6.13. The van der Waals surface area contributed by atoms with Gasteiger partial charge < -0.3 is 16.0 Å². The normalized spacial score (nSPS) is 10.3. The first-order valence-corrected chi connectivity index (χ1v) is 8.78. The van der Waals surface area contributed by atoms with E-state index in [1.807, 2.05) is 37.3 Å². The Hall–Kier alpha value is -3.41. The highest BCUT2D eigenvalue weighted by Gasteiger charge is 2.04. The number of carbonyl (C=O) groups is 1. The fraction of sp³-hybridized carbons (Fsp3) is 0.190. The van der Waals surface area contributed by atoms with Crippen LogP contribution in [0.5, 0.6) is 0 Å². The molecule has 3 aromatic rings. The maximum absolute atomic E-state index is 11.1. The number of carbonyl (C=O) groups excluding carboxylic acids is 1. The predicted molar refractivity (Wildman–Crippen MR) is 109 cm³/mol. The van der Waals surface area contributed by atoms with Gasteiger partial charge in [-0.1, -0.05) is 29.8 Å². The van der Waals surface area contributed by atoms with Crippen LogP contribution in [0.15, 0.2) is 54.6 Å². The van der Waals surface area contributed by atoms with Crippen molar-refractivity contribution in [3.8, 4) is 0 Å². The van der Waals surface area contributed by atoms with E-state index >= 15 is 0 Å². The predicted octanol–water partition coefficient (Wildman–Crippen LogP) is 4.41. The fourth-order valence-electron chi connectivity index (χ4n) is 2.73. The summed E-state index contributed by atoms with van der Waals surface area (Å²) in [5.41, 5.74) is 4.08. The quantitative estimate of drug-likeness (QED) is 0.606. The molecule has 27 heavy (non-hydrogen) atoms. The van der Waals surface area contributed by atoms with E-state index in [9.17, 15) is 4.79 Å². The fourth-order valence-corrected chi connectivity index (χ4v) is 2.73. The maximum Gasteiger partial charge on any atom is 0.221 e. The molecule has 0 radical (unpaired) electrons. The van der Waals surface area contributed by atoms with Crippen molar-refractivity contribution in [2.45, 2.75) is 27.3 Å². The summed E-state index contributed by atoms with van der Waals surface area (Å²) >= 11 is 0. The minimum Gasteiger partial charge on any atom is -0.366 e. The Morgan fingerprint density at radius 2 is 1.63 bits per heavy atom. The first kappa shape index (κ1) is 18.4. The molecule has 0 aliphatic rings. The van der Waals surface area contributed by atoms with Crippen LogP contribution in [-0.4, -0.2) is 15.9 Å². The monoisotopic (exact) mass is 361 g/mol. The summed E-state index contributed by atoms with van der Waals surface area (Å²) in [7, 11) is 0. The van der Waals surface area contributed by atoms with Crippen LogP contribution in [0, 0.1) is 13.8 Å². The van der Waals surface area contributed by atoms with Gasteiger partial charge in [0.05, 0.1) is 0 Å². The maximum atomic E-state index is 11.1. The van der Waals surface area contributed by atoms with E-state index in [1.165, 1.54) is 18.1 Å². The SMILES string of the molecule is CC(=O)Nc1ccc(Nc2cc(NCc3cccc(C)c3)nc(C)n2)cc1. The molecule has 0 fully saturated rings. The molecule has 138 valence electrons. The van der Waals surface area contributed by atoms with E-state index in [0.717, 1.165) is 17.2 Å². The lowest BCUT2D eigenvalue weighted by Crippen LogP contribution is -2.06. The lowest BCUT2D eigenvalue weighted by Gasteiger charge is -2.11. The van der Waals surface area contributed by atoms with Crippen LogP contribution in [0.4, 0.5) is 23.0 Å². The van der Waals surface area contributed by atoms with Crippen molar-refractivity contribution in [3.63, 3.8) is 0 Å². The van der Waals surface area contributed by atoms with Gasteiger partial charge in [0, 0.05) is 30.9 Å². The molecule has 3 rings (SSSR count). The van der Waals surface area contributed by atoms with Crippen LogP contribution in [0.2, 0.25) is 0 Å². The summed E-state index contributed by atoms with van der Waals surface area (Å²) in [5.74, 6) is 2.07. The van der Waals surface area contributed by atoms with Crippen LogP contribution in [-0.2, 0) is 11.3 Å². The summed E-state index contributed by atoms with van der Waals surface area (Å²) < 4.78 is 0. The number of aromatic nitrogens is 2. The molecule has 0 aliphatic heterocycles. The third-order valence-corrected chi connectivity index (χ3v) is 3.87. The molecule has 0 saturated carbocycles. The molecule has 0 spiro atoms. The zero-order valence-electron chi connectivity index (χ0n) is 15.7. The number of nitrogens with zero attached hydrogens (tertiary/aromatic N) is 2. The number of aryl methyl sites for hydroxylation is 2. The van der Waals surface area contributed by atoms with Crippen molar-refractivity contribution in [3.05, 3.63) is 71.5 Å². The van der Waals surface area contributed by atoms with Gasteiger partial charge >= 0.3 is 0 Å². The number of nitrogens with one attached hydrogen (secondary N) is 3. The highest BCUT2D eigenvalue weighted by molar-refractivity contribution is 5.88. The number of benzene rings is 2. The summed E-state index contributed by atoms with van der Waals surface area (Å²) in [6, 6.07) is 17.7. The number of anilines is 4. The topological polar surface area (TPSA) is 78.9 Å². The minimum atomic E-state index is -0.0912. The van der Waals surface area contributed by atoms with Crippen molar-refractivity contribution in [2.75, 3.05) is 16.0 Å². The smallest absolute Gasteiger partial charge is 0.221 e. The lowest BCUT2D eigenvalue weighted by atomic mass is 10.1. The van der Waals surface area contributed by atoms with Gasteiger partial charge in [0.2, 0.25) is 5.91 Å². The van der Waals surface area contributed by atoms with Crippen molar-refractivity contribution in [1.82, 2.24) is 9.97 Å². The molecule has 1 heterocycles. The van der Waals surface area contributed by atoms with E-state index in [4.69, 9.17) is 0 Å². The standard InChI is InChI=1S/C21H23N5O/c1-14-5-4-6-17(11-14)13-22-20-12-21(24-15(2)23-20)26-19-9-7-18(8-10-19)25-16(3)27/h4-12H,13H2,1-3H3,(H,25,27)(H2,22,23,24,26). The first-order valence-electron chi connectivity index (χ1n) is 8.78. The average Bonchev–Trinajstić information content (AvgIpc) is 2.61. The van der Waals surface area contributed by atoms with Gasteiger partial charge in [-0.15, -0.1) is 0 Å². The molecule has 2 aromatic carbocycles. The Kier molecular flexibility index (Phi) is 5.66. The Morgan fingerprint density at radius 1 is 0.926 bits per heavy atom. The number of rotatable bonds is 6. The Morgan fingerprint density at radius 3 is 2.33 bits per heavy atom. The van der Waals surface area contributed by atoms with Crippen molar-refractivity contribution in [2.24, 2.45) is 0 Å². The largest absolute Gasteiger partial charge is 0.366 e. The van der Waals surface area contributed by atoms with Crippen LogP contribution < -0.4 is 16.0 Å². The number of amides is 1. The zero-order valence-corrected chi connectivity index (χ0v) is 15.7. The molecule has 3 N–H and O–H groups in total. The molecule has 0 atom stereocenters. The third-order valence-electron chi connectivity index (χ3n) is 3.87. The molecule has 1 amide bonds. The molecule has 1 aromatic heterocycles. The van der Waals surface area contributed by atoms with Gasteiger partial charge in [0.25, 0.3) is 0 Å². The Labute approximate surface area is 159 Å². The van der Waals surface area contributed by atoms with E-state index in [-0.39, 0.29) is 5.91 Å². The van der Waals surface area contributed by atoms with Gasteiger partial charge in [-0.3, -0.25) is 4.79 Å². The van der Waals surface area contributed by atoms with Gasteiger partial charge in [-0.05, 0) is 43.7 Å². The van der Waals surface area contributed by atoms with Crippen LogP contribution in [0.25, 0.3) is 0 Å². The van der Waals surface area contributed by atoms with Gasteiger partial charge in [-0.2, -0.15) is 0 Å². The van der Waals surface area contributed by atoms with E-state index in [0.29, 0.717) is 18.2 Å². The highest BCUT2D eigenvalue weighted by Crippen LogP contribution is 2.20. The molecule has 0 unspecified atom stereocenters. The Balaban J connectivity index is 1.68. The third kappa shape index (κ3) is 5.54. The second kappa shape index (κ2) is 8.31. The van der Waals surface area contributed by atoms with Crippen molar-refractivity contribution < 1.29 is 4.79 Å². The summed E-state index contributed by atoms with van der Waals surface area (Å²) in [6.07, 6.45) is 0. The van der Waals surface area contributed by atoms with Crippen molar-refractivity contribution >= 4 is 28.9 Å². The van der Waals surface area contributed by atoms with Crippen molar-refractivity contribution in [1.29, 1.82) is 0 Å².